The van der Waals surface area contributed by atoms with Crippen LogP contribution in [0.4, 0.5) is 0 Å². The van der Waals surface area contributed by atoms with Crippen LogP contribution in [0, 0.1) is 0 Å². The molecule has 0 fully saturated rings. The molecule has 5 nitrogen and oxygen atoms in total. The second kappa shape index (κ2) is 14.0. The number of hydrogen-bond acceptors (Lipinski definition) is 4. The minimum atomic E-state index is -0.101. The number of carbonyl (C=O) groups excluding carboxylic acids is 1. The molecule has 0 bridgehead atoms. The van der Waals surface area contributed by atoms with Crippen LogP contribution in [0.25, 0.3) is 5.57 Å². The predicted octanol–water partition coefficient (Wildman–Crippen LogP) is 6.74. The van der Waals surface area contributed by atoms with Gasteiger partial charge in [-0.2, -0.15) is 0 Å². The molecule has 1 amide bonds. The number of allylic oxidation sites excluding steroid dienone is 2. The summed E-state index contributed by atoms with van der Waals surface area (Å²) in [6.45, 7) is 6.34. The Labute approximate surface area is 221 Å². The van der Waals surface area contributed by atoms with Gasteiger partial charge in [-0.15, -0.1) is 0 Å². The second-order valence-electron chi connectivity index (χ2n) is 9.44. The van der Waals surface area contributed by atoms with Crippen molar-refractivity contribution in [3.8, 4) is 11.5 Å². The van der Waals surface area contributed by atoms with Crippen molar-refractivity contribution < 1.29 is 14.3 Å². The number of aromatic nitrogens is 1. The summed E-state index contributed by atoms with van der Waals surface area (Å²) in [5.41, 5.74) is 5.41. The van der Waals surface area contributed by atoms with Gasteiger partial charge in [0.25, 0.3) is 0 Å². The topological polar surface area (TPSA) is 60.5 Å². The van der Waals surface area contributed by atoms with E-state index in [1.165, 1.54) is 5.56 Å². The Bertz CT molecular complexity index is 1130. The zero-order valence-corrected chi connectivity index (χ0v) is 22.5. The number of nitrogens with one attached hydrogen (secondary N) is 1. The predicted molar refractivity (Wildman–Crippen MR) is 151 cm³/mol. The first kappa shape index (κ1) is 27.7. The van der Waals surface area contributed by atoms with Crippen molar-refractivity contribution in [3.05, 3.63) is 107 Å². The quantitative estimate of drug-likeness (QED) is 0.222. The van der Waals surface area contributed by atoms with E-state index in [2.05, 4.69) is 36.3 Å². The number of aryl methyl sites for hydroxylation is 1. The lowest BCUT2D eigenvalue weighted by Crippen LogP contribution is -2.31. The molecule has 3 rings (SSSR count). The van der Waals surface area contributed by atoms with Gasteiger partial charge in [-0.25, -0.2) is 0 Å². The van der Waals surface area contributed by atoms with Crippen molar-refractivity contribution >= 4 is 11.5 Å². The van der Waals surface area contributed by atoms with Crippen LogP contribution in [0.15, 0.2) is 85.1 Å². The van der Waals surface area contributed by atoms with Crippen LogP contribution in [0.1, 0.15) is 61.9 Å². The number of carbonyl (C=O) groups is 1. The third kappa shape index (κ3) is 8.64. The Kier molecular flexibility index (Phi) is 10.5. The normalized spacial score (nSPS) is 11.8. The Morgan fingerprint density at radius 2 is 1.49 bits per heavy atom. The first-order chi connectivity index (χ1) is 17.9. The van der Waals surface area contributed by atoms with E-state index in [0.29, 0.717) is 5.92 Å². The van der Waals surface area contributed by atoms with Crippen molar-refractivity contribution in [2.45, 2.75) is 52.0 Å². The molecule has 5 heteroatoms. The molecule has 37 heavy (non-hydrogen) atoms. The fourth-order valence-corrected chi connectivity index (χ4v) is 4.03. The number of amides is 1. The van der Waals surface area contributed by atoms with Crippen LogP contribution in [-0.2, 0) is 11.2 Å². The minimum Gasteiger partial charge on any atom is -0.497 e. The molecule has 0 saturated carbocycles. The van der Waals surface area contributed by atoms with E-state index < -0.39 is 0 Å². The molecule has 0 aliphatic carbocycles. The maximum absolute atomic E-state index is 12.5. The van der Waals surface area contributed by atoms with E-state index in [1.807, 2.05) is 67.7 Å². The number of benzene rings is 2. The van der Waals surface area contributed by atoms with Crippen LogP contribution in [-0.4, -0.2) is 31.2 Å². The van der Waals surface area contributed by atoms with Gasteiger partial charge in [0.2, 0.25) is 5.91 Å². The number of ether oxygens (including phenoxy) is 2. The lowest BCUT2D eigenvalue weighted by Gasteiger charge is -2.12. The van der Waals surface area contributed by atoms with Crippen molar-refractivity contribution in [2.24, 2.45) is 0 Å². The fourth-order valence-electron chi connectivity index (χ4n) is 4.03. The Balaban J connectivity index is 1.59. The van der Waals surface area contributed by atoms with E-state index in [0.717, 1.165) is 53.2 Å². The molecule has 0 spiro atoms. The molecule has 194 valence electrons. The first-order valence-corrected chi connectivity index (χ1v) is 12.8. The van der Waals surface area contributed by atoms with E-state index in [1.54, 1.807) is 26.4 Å². The highest BCUT2D eigenvalue weighted by molar-refractivity contribution is 5.89. The van der Waals surface area contributed by atoms with Gasteiger partial charge in [-0.1, -0.05) is 56.3 Å². The van der Waals surface area contributed by atoms with Crippen LogP contribution < -0.4 is 14.8 Å². The molecule has 1 N–H and O–H groups in total. The van der Waals surface area contributed by atoms with Crippen LogP contribution in [0.2, 0.25) is 0 Å². The fraction of sp³-hybridized carbons (Fsp3) is 0.312. The first-order valence-electron chi connectivity index (χ1n) is 12.8. The molecule has 0 saturated heterocycles. The average molecular weight is 499 g/mol. The number of pyridine rings is 1. The lowest BCUT2D eigenvalue weighted by atomic mass is 9.97. The summed E-state index contributed by atoms with van der Waals surface area (Å²) in [7, 11) is 3.30. The standard InChI is InChI=1S/C32H38N2O3/c1-23(2)31-21-12-25(22-33-31)9-6-8-24(3)34-32(35)11-7-10-30(26-13-17-28(36-4)18-14-26)27-15-19-29(37-5)20-16-27/h7,10-24H,6,8-9H2,1-5H3,(H,34,35)/b11-7+. The monoisotopic (exact) mass is 498 g/mol. The summed E-state index contributed by atoms with van der Waals surface area (Å²) >= 11 is 0. The summed E-state index contributed by atoms with van der Waals surface area (Å²) in [6.07, 6.45) is 10.2. The second-order valence-corrected chi connectivity index (χ2v) is 9.44. The third-order valence-electron chi connectivity index (χ3n) is 6.24. The van der Waals surface area contributed by atoms with E-state index >= 15 is 0 Å². The van der Waals surface area contributed by atoms with Gasteiger partial charge in [0.05, 0.1) is 14.2 Å². The number of hydrogen-bond donors (Lipinski definition) is 1. The van der Waals surface area contributed by atoms with E-state index in [-0.39, 0.29) is 11.9 Å². The van der Waals surface area contributed by atoms with Gasteiger partial charge in [0.1, 0.15) is 11.5 Å². The van der Waals surface area contributed by atoms with Gasteiger partial charge in [0, 0.05) is 24.0 Å². The maximum atomic E-state index is 12.5. The van der Waals surface area contributed by atoms with Gasteiger partial charge >= 0.3 is 0 Å². The minimum absolute atomic E-state index is 0.0895. The zero-order valence-electron chi connectivity index (χ0n) is 22.5. The van der Waals surface area contributed by atoms with Crippen molar-refractivity contribution in [1.82, 2.24) is 10.3 Å². The molecule has 1 heterocycles. The molecule has 2 aromatic carbocycles. The van der Waals surface area contributed by atoms with Crippen LogP contribution >= 0.6 is 0 Å². The van der Waals surface area contributed by atoms with Crippen LogP contribution in [0.5, 0.6) is 11.5 Å². The summed E-state index contributed by atoms with van der Waals surface area (Å²) in [5, 5.41) is 3.07. The molecular weight excluding hydrogens is 460 g/mol. The van der Waals surface area contributed by atoms with Gasteiger partial charge in [-0.3, -0.25) is 9.78 Å². The summed E-state index contributed by atoms with van der Waals surface area (Å²) in [6, 6.07) is 20.1. The van der Waals surface area contributed by atoms with Crippen molar-refractivity contribution in [1.29, 1.82) is 0 Å². The Hall–Kier alpha value is -3.86. The molecule has 0 aliphatic rings. The van der Waals surface area contributed by atoms with Gasteiger partial charge < -0.3 is 14.8 Å². The molecular formula is C32H38N2O3. The van der Waals surface area contributed by atoms with Crippen molar-refractivity contribution in [3.63, 3.8) is 0 Å². The van der Waals surface area contributed by atoms with Crippen molar-refractivity contribution in [2.75, 3.05) is 14.2 Å². The largest absolute Gasteiger partial charge is 0.497 e. The average Bonchev–Trinajstić information content (AvgIpc) is 2.91. The van der Waals surface area contributed by atoms with Crippen LogP contribution in [0.3, 0.4) is 0 Å². The highest BCUT2D eigenvalue weighted by atomic mass is 16.5. The number of methoxy groups -OCH3 is 2. The number of nitrogens with zero attached hydrogens (tertiary/aromatic N) is 1. The Morgan fingerprint density at radius 3 is 1.97 bits per heavy atom. The number of rotatable bonds is 12. The molecule has 0 radical (unpaired) electrons. The maximum Gasteiger partial charge on any atom is 0.244 e. The highest BCUT2D eigenvalue weighted by Crippen LogP contribution is 2.27. The molecule has 1 unspecified atom stereocenters. The SMILES string of the molecule is COc1ccc(C(=C/C=C/C(=O)NC(C)CCCc2ccc(C(C)C)nc2)c2ccc(OC)cc2)cc1. The summed E-state index contributed by atoms with van der Waals surface area (Å²) in [5.74, 6) is 1.93. The van der Waals surface area contributed by atoms with E-state index in [4.69, 9.17) is 9.47 Å². The Morgan fingerprint density at radius 1 is 0.892 bits per heavy atom. The molecule has 0 aliphatic heterocycles. The summed E-state index contributed by atoms with van der Waals surface area (Å²) < 4.78 is 10.6. The van der Waals surface area contributed by atoms with Gasteiger partial charge in [-0.05, 0) is 84.7 Å². The molecule has 3 aromatic rings. The summed E-state index contributed by atoms with van der Waals surface area (Å²) in [4.78, 5) is 17.1. The third-order valence-corrected chi connectivity index (χ3v) is 6.24. The highest BCUT2D eigenvalue weighted by Gasteiger charge is 2.08. The lowest BCUT2D eigenvalue weighted by molar-refractivity contribution is -0.117. The zero-order chi connectivity index (χ0) is 26.6. The van der Waals surface area contributed by atoms with Gasteiger partial charge in [0.15, 0.2) is 0 Å². The molecule has 1 aromatic heterocycles. The molecule has 1 atom stereocenters. The smallest absolute Gasteiger partial charge is 0.244 e. The van der Waals surface area contributed by atoms with E-state index in [9.17, 15) is 4.79 Å².